The van der Waals surface area contributed by atoms with Gasteiger partial charge < -0.3 is 49.1 Å². The molecule has 0 saturated heterocycles. The Kier molecular flexibility index (Phi) is 22.4. The van der Waals surface area contributed by atoms with Crippen LogP contribution in [0.5, 0.6) is 0 Å². The normalized spacial score (nSPS) is 12.5. The zero-order chi connectivity index (χ0) is 25.7. The number of rotatable bonds is 14. The number of nitrogens with two attached hydrogens (primary N) is 5. The Morgan fingerprint density at radius 3 is 1.47 bits per heavy atom. The second-order valence-electron chi connectivity index (χ2n) is 6.71. The molecule has 0 aliphatic carbocycles. The number of guanidine groups is 1. The first kappa shape index (κ1) is 33.7. The fourth-order valence-corrected chi connectivity index (χ4v) is 1.78. The monoisotopic (exact) mass is 466 g/mol. The van der Waals surface area contributed by atoms with Crippen molar-refractivity contribution in [2.75, 3.05) is 6.54 Å². The first-order valence-corrected chi connectivity index (χ1v) is 9.98. The number of unbranched alkanes of at least 4 members (excludes halogenated alkanes) is 2. The van der Waals surface area contributed by atoms with E-state index in [2.05, 4.69) is 11.9 Å². The van der Waals surface area contributed by atoms with Crippen LogP contribution in [0.4, 0.5) is 0 Å². The summed E-state index contributed by atoms with van der Waals surface area (Å²) in [5, 5.41) is 33.0. The Hall–Kier alpha value is -2.97. The third-order valence-corrected chi connectivity index (χ3v) is 3.71. The number of carbonyl (C=O) groups is 4. The van der Waals surface area contributed by atoms with Crippen molar-refractivity contribution >= 4 is 29.8 Å². The zero-order valence-electron chi connectivity index (χ0n) is 18.4. The molecule has 0 bridgehead atoms. The summed E-state index contributed by atoms with van der Waals surface area (Å²) in [6.07, 6.45) is 4.43. The molecule has 0 rings (SSSR count). The molecule has 0 radical (unpaired) electrons. The van der Waals surface area contributed by atoms with E-state index < -0.39 is 42.0 Å². The van der Waals surface area contributed by atoms with E-state index in [-0.39, 0.29) is 18.8 Å². The van der Waals surface area contributed by atoms with Crippen LogP contribution in [-0.2, 0) is 19.2 Å². The van der Waals surface area contributed by atoms with Gasteiger partial charge in [-0.1, -0.05) is 26.2 Å². The van der Waals surface area contributed by atoms with Crippen LogP contribution < -0.4 is 28.7 Å². The first-order chi connectivity index (χ1) is 14.8. The Morgan fingerprint density at radius 1 is 0.719 bits per heavy atom. The molecule has 0 saturated carbocycles. The van der Waals surface area contributed by atoms with Crippen molar-refractivity contribution in [1.29, 1.82) is 0 Å². The highest BCUT2D eigenvalue weighted by Gasteiger charge is 2.12. The van der Waals surface area contributed by atoms with E-state index in [1.54, 1.807) is 0 Å². The van der Waals surface area contributed by atoms with Crippen LogP contribution in [0.25, 0.3) is 0 Å². The molecule has 0 aromatic heterocycles. The van der Waals surface area contributed by atoms with Gasteiger partial charge in [-0.3, -0.25) is 24.2 Å². The van der Waals surface area contributed by atoms with Crippen LogP contribution in [0, 0.1) is 0 Å². The van der Waals surface area contributed by atoms with Gasteiger partial charge in [-0.25, -0.2) is 0 Å². The smallest absolute Gasteiger partial charge is 0.320 e. The summed E-state index contributed by atoms with van der Waals surface area (Å²) >= 11 is 0. The summed E-state index contributed by atoms with van der Waals surface area (Å²) in [6, 6.07) is -2.54. The molecule has 0 unspecified atom stereocenters. The second kappa shape index (κ2) is 21.3. The van der Waals surface area contributed by atoms with Crippen molar-refractivity contribution in [1.82, 2.24) is 0 Å². The van der Waals surface area contributed by atoms with Crippen molar-refractivity contribution in [3.05, 3.63) is 0 Å². The minimum Gasteiger partial charge on any atom is -0.481 e. The average molecular weight is 467 g/mol. The number of carboxylic acids is 4. The van der Waals surface area contributed by atoms with Gasteiger partial charge in [0, 0.05) is 13.0 Å². The van der Waals surface area contributed by atoms with Crippen molar-refractivity contribution in [2.45, 2.75) is 76.4 Å². The molecule has 3 atom stereocenters. The molecule has 0 fully saturated rings. The molecule has 0 aromatic carbocycles. The second-order valence-corrected chi connectivity index (χ2v) is 6.71. The molecule has 188 valence electrons. The van der Waals surface area contributed by atoms with Gasteiger partial charge in [-0.2, -0.15) is 0 Å². The highest BCUT2D eigenvalue weighted by atomic mass is 16.4. The van der Waals surface area contributed by atoms with Gasteiger partial charge in [0.25, 0.3) is 0 Å². The van der Waals surface area contributed by atoms with Crippen molar-refractivity contribution in [2.24, 2.45) is 33.7 Å². The lowest BCUT2D eigenvalue weighted by molar-refractivity contribution is -0.141. The third kappa shape index (κ3) is 27.0. The minimum atomic E-state index is -1.17. The number of hydrogen-bond acceptors (Lipinski definition) is 8. The Labute approximate surface area is 186 Å². The lowest BCUT2D eigenvalue weighted by atomic mass is 10.1. The van der Waals surface area contributed by atoms with Crippen LogP contribution in [-0.4, -0.2) is 74.9 Å². The molecule has 14 N–H and O–H groups in total. The summed E-state index contributed by atoms with van der Waals surface area (Å²) in [5.41, 5.74) is 25.6. The molecular weight excluding hydrogens is 428 g/mol. The lowest BCUT2D eigenvalue weighted by Crippen LogP contribution is -2.30. The maximum Gasteiger partial charge on any atom is 0.320 e. The number of aliphatic carboxylic acids is 4. The molecule has 0 amide bonds. The summed E-state index contributed by atoms with van der Waals surface area (Å²) in [6.45, 7) is 2.50. The van der Waals surface area contributed by atoms with E-state index >= 15 is 0 Å². The highest BCUT2D eigenvalue weighted by molar-refractivity contribution is 5.76. The van der Waals surface area contributed by atoms with E-state index in [0.29, 0.717) is 25.8 Å². The highest BCUT2D eigenvalue weighted by Crippen LogP contribution is 2.01. The molecule has 14 nitrogen and oxygen atoms in total. The third-order valence-electron chi connectivity index (χ3n) is 3.71. The molecule has 0 aromatic rings. The van der Waals surface area contributed by atoms with Crippen LogP contribution >= 0.6 is 0 Å². The van der Waals surface area contributed by atoms with Crippen LogP contribution in [0.15, 0.2) is 4.99 Å². The standard InChI is InChI=1S/C7H15NO2.C6H14N4O2.C5H9NO4/c1-2-3-4-5-6(8)7(9)10;7-4(5(11)12)2-1-3-10-6(8)9;6-3(5(9)10)1-2-4(7)8/h6H,2-5,8H2,1H3,(H,9,10);4H,1-3,7H2,(H,11,12)(H4,8,9,10);3H,1-2,6H2,(H,7,8)(H,9,10)/t6-;4-;3-/m000/s1. The molecule has 0 heterocycles. The van der Waals surface area contributed by atoms with Crippen molar-refractivity contribution in [3.8, 4) is 0 Å². The van der Waals surface area contributed by atoms with Gasteiger partial charge in [-0.15, -0.1) is 0 Å². The predicted octanol–water partition coefficient (Wildman–Crippen LogP) is -1.31. The predicted molar refractivity (Wildman–Crippen MR) is 118 cm³/mol. The Morgan fingerprint density at radius 2 is 1.12 bits per heavy atom. The van der Waals surface area contributed by atoms with E-state index in [1.165, 1.54) is 0 Å². The lowest BCUT2D eigenvalue weighted by Gasteiger charge is -2.03. The van der Waals surface area contributed by atoms with Crippen LogP contribution in [0.1, 0.15) is 58.3 Å². The number of hydrogen-bond donors (Lipinski definition) is 9. The molecular formula is C18H38N6O8. The summed E-state index contributed by atoms with van der Waals surface area (Å²) in [5.74, 6) is -4.08. The summed E-state index contributed by atoms with van der Waals surface area (Å²) in [7, 11) is 0. The summed E-state index contributed by atoms with van der Waals surface area (Å²) < 4.78 is 0. The van der Waals surface area contributed by atoms with Gasteiger partial charge in [0.2, 0.25) is 0 Å². The van der Waals surface area contributed by atoms with Gasteiger partial charge in [-0.05, 0) is 25.7 Å². The van der Waals surface area contributed by atoms with E-state index in [1.807, 2.05) is 0 Å². The largest absolute Gasteiger partial charge is 0.481 e. The summed E-state index contributed by atoms with van der Waals surface area (Å²) in [4.78, 5) is 43.9. The molecule has 14 heteroatoms. The van der Waals surface area contributed by atoms with Gasteiger partial charge in [0.05, 0.1) is 0 Å². The minimum absolute atomic E-state index is 0.0129. The number of aliphatic imine (C=N–C) groups is 1. The van der Waals surface area contributed by atoms with Gasteiger partial charge >= 0.3 is 23.9 Å². The SMILES string of the molecule is CCCCC[C@H](N)C(=O)O.NC(N)=NCCC[C@H](N)C(=O)O.N[C@@H](CCC(=O)O)C(=O)O. The van der Waals surface area contributed by atoms with E-state index in [9.17, 15) is 19.2 Å². The average Bonchev–Trinajstić information content (AvgIpc) is 2.69. The fourth-order valence-electron chi connectivity index (χ4n) is 1.78. The molecule has 0 spiro atoms. The number of carboxylic acid groups (broad SMARTS) is 4. The van der Waals surface area contributed by atoms with Crippen LogP contribution in [0.3, 0.4) is 0 Å². The Balaban J connectivity index is -0.000000397. The molecule has 0 aliphatic heterocycles. The van der Waals surface area contributed by atoms with Gasteiger partial charge in [0.1, 0.15) is 18.1 Å². The quantitative estimate of drug-likeness (QED) is 0.0817. The molecule has 0 aliphatic rings. The first-order valence-electron chi connectivity index (χ1n) is 9.98. The topological polar surface area (TPSA) is 292 Å². The fraction of sp³-hybridized carbons (Fsp3) is 0.722. The van der Waals surface area contributed by atoms with E-state index in [4.69, 9.17) is 49.1 Å². The van der Waals surface area contributed by atoms with Gasteiger partial charge in [0.15, 0.2) is 5.96 Å². The van der Waals surface area contributed by atoms with E-state index in [0.717, 1.165) is 19.3 Å². The maximum absolute atomic E-state index is 10.2. The van der Waals surface area contributed by atoms with Crippen molar-refractivity contribution in [3.63, 3.8) is 0 Å². The number of nitrogens with zero attached hydrogens (tertiary/aromatic N) is 1. The maximum atomic E-state index is 10.2. The Bertz CT molecular complexity index is 584. The molecule has 32 heavy (non-hydrogen) atoms. The van der Waals surface area contributed by atoms with Crippen LogP contribution in [0.2, 0.25) is 0 Å². The zero-order valence-corrected chi connectivity index (χ0v) is 18.4. The van der Waals surface area contributed by atoms with Crippen molar-refractivity contribution < 1.29 is 39.6 Å².